The van der Waals surface area contributed by atoms with Gasteiger partial charge in [-0.25, -0.2) is 8.42 Å². The van der Waals surface area contributed by atoms with E-state index in [0.29, 0.717) is 13.0 Å². The molecule has 0 radical (unpaired) electrons. The van der Waals surface area contributed by atoms with Gasteiger partial charge in [0, 0.05) is 18.8 Å². The molecule has 0 aromatic heterocycles. The van der Waals surface area contributed by atoms with Gasteiger partial charge in [-0.15, -0.1) is 0 Å². The Hall–Kier alpha value is -0.620. The molecule has 88 valence electrons. The Balaban J connectivity index is 2.66. The first-order valence-corrected chi connectivity index (χ1v) is 7.11. The fraction of sp³-hybridized carbons (Fsp3) is 0.889. The van der Waals surface area contributed by atoms with Gasteiger partial charge in [-0.05, 0) is 19.8 Å². The molecule has 2 atom stereocenters. The lowest BCUT2D eigenvalue weighted by Crippen LogP contribution is -2.53. The Bertz CT molecular complexity index is 339. The maximum Gasteiger partial charge on any atom is 0.239 e. The van der Waals surface area contributed by atoms with Crippen molar-refractivity contribution >= 4 is 15.7 Å². The van der Waals surface area contributed by atoms with Crippen LogP contribution in [-0.4, -0.2) is 49.9 Å². The summed E-state index contributed by atoms with van der Waals surface area (Å²) in [5, 5.41) is 0. The van der Waals surface area contributed by atoms with Crippen LogP contribution in [0.5, 0.6) is 0 Å². The zero-order valence-electron chi connectivity index (χ0n) is 9.14. The number of likely N-dealkylation sites (tertiary alicyclic amines) is 1. The minimum Gasteiger partial charge on any atom is -0.338 e. The quantitative estimate of drug-likeness (QED) is 0.705. The lowest BCUT2D eigenvalue weighted by Gasteiger charge is -2.34. The minimum absolute atomic E-state index is 0.00542. The standard InChI is InChI=1S/C9H18N2O3S/c1-7(6-15(2,13)14)11-5-3-4-8(10)9(11)12/h7-8H,3-6,10H2,1-2H3. The van der Waals surface area contributed by atoms with Crippen molar-refractivity contribution in [1.29, 1.82) is 0 Å². The minimum atomic E-state index is -3.05. The Labute approximate surface area is 90.5 Å². The third kappa shape index (κ3) is 3.46. The largest absolute Gasteiger partial charge is 0.338 e. The maximum absolute atomic E-state index is 11.7. The van der Waals surface area contributed by atoms with Crippen molar-refractivity contribution < 1.29 is 13.2 Å². The van der Waals surface area contributed by atoms with Gasteiger partial charge in [0.05, 0.1) is 11.8 Å². The Kier molecular flexibility index (Phi) is 3.72. The second-order valence-corrected chi connectivity index (χ2v) is 6.41. The molecule has 0 saturated carbocycles. The van der Waals surface area contributed by atoms with Crippen molar-refractivity contribution in [3.05, 3.63) is 0 Å². The number of hydrogen-bond donors (Lipinski definition) is 1. The van der Waals surface area contributed by atoms with E-state index in [4.69, 9.17) is 5.73 Å². The SMILES string of the molecule is CC(CS(C)(=O)=O)N1CCCC(N)C1=O. The average molecular weight is 234 g/mol. The van der Waals surface area contributed by atoms with Crippen LogP contribution in [0.1, 0.15) is 19.8 Å². The number of hydrogen-bond acceptors (Lipinski definition) is 4. The van der Waals surface area contributed by atoms with Crippen molar-refractivity contribution in [2.24, 2.45) is 5.73 Å². The van der Waals surface area contributed by atoms with Crippen molar-refractivity contribution in [2.75, 3.05) is 18.6 Å². The smallest absolute Gasteiger partial charge is 0.239 e. The Morgan fingerprint density at radius 2 is 2.20 bits per heavy atom. The molecule has 1 rings (SSSR count). The van der Waals surface area contributed by atoms with Crippen LogP contribution in [0.4, 0.5) is 0 Å². The van der Waals surface area contributed by atoms with Gasteiger partial charge >= 0.3 is 0 Å². The van der Waals surface area contributed by atoms with Gasteiger partial charge in [-0.3, -0.25) is 4.79 Å². The van der Waals surface area contributed by atoms with Gasteiger partial charge in [0.15, 0.2) is 0 Å². The fourth-order valence-electron chi connectivity index (χ4n) is 1.89. The lowest BCUT2D eigenvalue weighted by molar-refractivity contribution is -0.136. The van der Waals surface area contributed by atoms with E-state index >= 15 is 0 Å². The monoisotopic (exact) mass is 234 g/mol. The molecule has 0 aromatic rings. The molecule has 0 spiro atoms. The summed E-state index contributed by atoms with van der Waals surface area (Å²) in [5.41, 5.74) is 5.63. The molecular formula is C9H18N2O3S. The van der Waals surface area contributed by atoms with Crippen molar-refractivity contribution in [2.45, 2.75) is 31.8 Å². The Morgan fingerprint density at radius 1 is 1.60 bits per heavy atom. The predicted octanol–water partition coefficient (Wildman–Crippen LogP) is -0.631. The number of sulfone groups is 1. The van der Waals surface area contributed by atoms with E-state index in [9.17, 15) is 13.2 Å². The van der Waals surface area contributed by atoms with E-state index in [1.165, 1.54) is 6.26 Å². The molecule has 5 nitrogen and oxygen atoms in total. The second kappa shape index (κ2) is 4.49. The average Bonchev–Trinajstić information content (AvgIpc) is 2.06. The van der Waals surface area contributed by atoms with Crippen molar-refractivity contribution in [3.63, 3.8) is 0 Å². The van der Waals surface area contributed by atoms with Gasteiger partial charge in [0.1, 0.15) is 9.84 Å². The van der Waals surface area contributed by atoms with E-state index in [2.05, 4.69) is 0 Å². The van der Waals surface area contributed by atoms with Crippen molar-refractivity contribution in [1.82, 2.24) is 4.90 Å². The van der Waals surface area contributed by atoms with E-state index in [-0.39, 0.29) is 17.7 Å². The molecule has 1 saturated heterocycles. The highest BCUT2D eigenvalue weighted by Crippen LogP contribution is 2.14. The van der Waals surface area contributed by atoms with Gasteiger partial charge in [0.25, 0.3) is 0 Å². The van der Waals surface area contributed by atoms with Gasteiger partial charge in [0.2, 0.25) is 5.91 Å². The van der Waals surface area contributed by atoms with Crippen LogP contribution in [0.25, 0.3) is 0 Å². The highest BCUT2D eigenvalue weighted by atomic mass is 32.2. The number of rotatable bonds is 3. The van der Waals surface area contributed by atoms with E-state index in [1.54, 1.807) is 11.8 Å². The van der Waals surface area contributed by atoms with Crippen LogP contribution in [0.15, 0.2) is 0 Å². The summed E-state index contributed by atoms with van der Waals surface area (Å²) in [6, 6.07) is -0.736. The third-order valence-electron chi connectivity index (χ3n) is 2.59. The first-order valence-electron chi connectivity index (χ1n) is 5.05. The predicted molar refractivity (Wildman–Crippen MR) is 58.1 cm³/mol. The number of carbonyl (C=O) groups is 1. The normalized spacial score (nSPS) is 25.4. The summed E-state index contributed by atoms with van der Waals surface area (Å²) in [6.07, 6.45) is 2.72. The Morgan fingerprint density at radius 3 is 2.73 bits per heavy atom. The zero-order chi connectivity index (χ0) is 11.6. The molecule has 2 unspecified atom stereocenters. The molecule has 0 bridgehead atoms. The van der Waals surface area contributed by atoms with Crippen LogP contribution in [-0.2, 0) is 14.6 Å². The maximum atomic E-state index is 11.7. The molecule has 1 aliphatic heterocycles. The molecule has 0 aromatic carbocycles. The molecule has 1 amide bonds. The highest BCUT2D eigenvalue weighted by Gasteiger charge is 2.30. The zero-order valence-corrected chi connectivity index (χ0v) is 9.96. The molecule has 1 fully saturated rings. The topological polar surface area (TPSA) is 80.5 Å². The lowest BCUT2D eigenvalue weighted by atomic mass is 10.0. The van der Waals surface area contributed by atoms with Crippen LogP contribution in [0.2, 0.25) is 0 Å². The second-order valence-electron chi connectivity index (χ2n) is 4.22. The number of nitrogens with two attached hydrogens (primary N) is 1. The number of nitrogens with zero attached hydrogens (tertiary/aromatic N) is 1. The van der Waals surface area contributed by atoms with Crippen LogP contribution >= 0.6 is 0 Å². The summed E-state index contributed by atoms with van der Waals surface area (Å²) < 4.78 is 22.2. The summed E-state index contributed by atoms with van der Waals surface area (Å²) in [5.74, 6) is -0.122. The van der Waals surface area contributed by atoms with Crippen LogP contribution in [0.3, 0.4) is 0 Å². The molecule has 15 heavy (non-hydrogen) atoms. The first-order chi connectivity index (χ1) is 6.81. The summed E-state index contributed by atoms with van der Waals surface area (Å²) in [6.45, 7) is 2.36. The van der Waals surface area contributed by atoms with Crippen molar-refractivity contribution in [3.8, 4) is 0 Å². The molecule has 2 N–H and O–H groups in total. The van der Waals surface area contributed by atoms with Gasteiger partial charge in [-0.1, -0.05) is 0 Å². The fourth-order valence-corrected chi connectivity index (χ4v) is 2.95. The summed E-state index contributed by atoms with van der Waals surface area (Å²) in [7, 11) is -3.05. The van der Waals surface area contributed by atoms with Gasteiger partial charge < -0.3 is 10.6 Å². The number of carbonyl (C=O) groups excluding carboxylic acids is 1. The first kappa shape index (κ1) is 12.4. The molecule has 6 heteroatoms. The number of amides is 1. The summed E-state index contributed by atoms with van der Waals surface area (Å²) >= 11 is 0. The van der Waals surface area contributed by atoms with Gasteiger partial charge in [-0.2, -0.15) is 0 Å². The van der Waals surface area contributed by atoms with Crippen LogP contribution in [0, 0.1) is 0 Å². The summed E-state index contributed by atoms with van der Waals surface area (Å²) in [4.78, 5) is 13.2. The molecule has 0 aliphatic carbocycles. The van der Waals surface area contributed by atoms with E-state index < -0.39 is 15.9 Å². The third-order valence-corrected chi connectivity index (χ3v) is 3.68. The molecule has 1 heterocycles. The van der Waals surface area contributed by atoms with E-state index in [0.717, 1.165) is 6.42 Å². The highest BCUT2D eigenvalue weighted by molar-refractivity contribution is 7.90. The van der Waals surface area contributed by atoms with E-state index in [1.807, 2.05) is 0 Å². The molecule has 1 aliphatic rings. The van der Waals surface area contributed by atoms with Crippen LogP contribution < -0.4 is 5.73 Å². The molecular weight excluding hydrogens is 216 g/mol. The number of piperidine rings is 1.